The predicted octanol–water partition coefficient (Wildman–Crippen LogP) is 2.89. The molecule has 1 heterocycles. The van der Waals surface area contributed by atoms with Crippen LogP contribution in [0.1, 0.15) is 26.3 Å². The van der Waals surface area contributed by atoms with E-state index in [1.54, 1.807) is 18.2 Å². The zero-order chi connectivity index (χ0) is 21.1. The van der Waals surface area contributed by atoms with Gasteiger partial charge in [0.15, 0.2) is 0 Å². The molecule has 0 fully saturated rings. The maximum Gasteiger partial charge on any atom is 0.238 e. The summed E-state index contributed by atoms with van der Waals surface area (Å²) in [7, 11) is 0.647. The summed E-state index contributed by atoms with van der Waals surface area (Å²) in [6.07, 6.45) is 1.67. The van der Waals surface area contributed by atoms with Crippen LogP contribution in [-0.4, -0.2) is 53.1 Å². The van der Waals surface area contributed by atoms with Gasteiger partial charge in [0.1, 0.15) is 0 Å². The van der Waals surface area contributed by atoms with E-state index in [1.807, 2.05) is 24.3 Å². The first-order valence-corrected chi connectivity index (χ1v) is 11.4. The number of hydrogen-bond acceptors (Lipinski definition) is 6. The number of hydrogen-bond donors (Lipinski definition) is 3. The number of carbonyl (C=O) groups excluding carboxylic acids is 1. The van der Waals surface area contributed by atoms with E-state index in [-0.39, 0.29) is 24.5 Å². The van der Waals surface area contributed by atoms with Gasteiger partial charge in [-0.25, -0.2) is 0 Å². The highest BCUT2D eigenvalue weighted by Gasteiger charge is 2.29. The van der Waals surface area contributed by atoms with Gasteiger partial charge in [-0.05, 0) is 35.7 Å². The van der Waals surface area contributed by atoms with E-state index >= 15 is 0 Å². The van der Waals surface area contributed by atoms with Crippen LogP contribution < -0.4 is 11.1 Å². The van der Waals surface area contributed by atoms with Crippen LogP contribution in [0.5, 0.6) is 0 Å². The molecule has 1 unspecified atom stereocenters. The second-order valence-corrected chi connectivity index (χ2v) is 10.4. The molecule has 0 aliphatic rings. The van der Waals surface area contributed by atoms with E-state index in [4.69, 9.17) is 10.8 Å². The van der Waals surface area contributed by atoms with Crippen LogP contribution in [0.3, 0.4) is 0 Å². The first-order valence-electron chi connectivity index (χ1n) is 9.00. The number of nitrogen functional groups attached to an aromatic ring is 1. The van der Waals surface area contributed by atoms with E-state index in [0.717, 1.165) is 20.9 Å². The molecule has 6 nitrogen and oxygen atoms in total. The summed E-state index contributed by atoms with van der Waals surface area (Å²) in [5.74, 6) is -0.155. The largest absolute Gasteiger partial charge is 0.395 e. The van der Waals surface area contributed by atoms with Gasteiger partial charge in [0.25, 0.3) is 0 Å². The average Bonchev–Trinajstić information content (AvgIpc) is 2.93. The van der Waals surface area contributed by atoms with Gasteiger partial charge in [0, 0.05) is 24.1 Å². The number of nitrogens with two attached hydrogens (primary N) is 1. The molecule has 2 aromatic rings. The SMILES string of the molecule is CN(CCO)CC(=O)Nc1cccc(-c2c(N)sc(S(C)=O)c2C(C)(C)C)c1. The van der Waals surface area contributed by atoms with Crippen molar-refractivity contribution in [1.29, 1.82) is 0 Å². The summed E-state index contributed by atoms with van der Waals surface area (Å²) in [5, 5.41) is 12.5. The topological polar surface area (TPSA) is 95.7 Å². The molecule has 1 amide bonds. The summed E-state index contributed by atoms with van der Waals surface area (Å²) in [5.41, 5.74) is 9.53. The lowest BCUT2D eigenvalue weighted by Gasteiger charge is -2.22. The highest BCUT2D eigenvalue weighted by Crippen LogP contribution is 2.46. The molecule has 0 bridgehead atoms. The standard InChI is InChI=1S/C20H29N3O3S2/c1-20(2,3)17-16(18(21)27-19(17)28(5)26)13-7-6-8-14(11-13)22-15(25)12-23(4)9-10-24/h6-8,11,24H,9-10,12,21H2,1-5H3,(H,22,25). The molecule has 4 N–H and O–H groups in total. The van der Waals surface area contributed by atoms with Crippen LogP contribution in [0.2, 0.25) is 0 Å². The number of aliphatic hydroxyl groups excluding tert-OH is 1. The first kappa shape index (κ1) is 22.5. The molecule has 1 atom stereocenters. The van der Waals surface area contributed by atoms with Crippen molar-refractivity contribution in [3.63, 3.8) is 0 Å². The van der Waals surface area contributed by atoms with Gasteiger partial charge in [-0.3, -0.25) is 13.9 Å². The Balaban J connectivity index is 2.39. The van der Waals surface area contributed by atoms with Gasteiger partial charge in [0.2, 0.25) is 5.91 Å². The lowest BCUT2D eigenvalue weighted by molar-refractivity contribution is -0.117. The van der Waals surface area contributed by atoms with Gasteiger partial charge < -0.3 is 16.2 Å². The lowest BCUT2D eigenvalue weighted by Crippen LogP contribution is -2.32. The average molecular weight is 424 g/mol. The van der Waals surface area contributed by atoms with Gasteiger partial charge in [-0.15, -0.1) is 11.3 Å². The van der Waals surface area contributed by atoms with E-state index in [1.165, 1.54) is 11.3 Å². The van der Waals surface area contributed by atoms with Crippen molar-refractivity contribution in [2.75, 3.05) is 44.1 Å². The third-order valence-electron chi connectivity index (χ3n) is 4.24. The highest BCUT2D eigenvalue weighted by molar-refractivity contribution is 7.86. The van der Waals surface area contributed by atoms with Crippen molar-refractivity contribution in [2.24, 2.45) is 0 Å². The van der Waals surface area contributed by atoms with Crippen LogP contribution in [0, 0.1) is 0 Å². The molecule has 1 aromatic heterocycles. The van der Waals surface area contributed by atoms with Crippen LogP contribution in [0.4, 0.5) is 10.7 Å². The number of aliphatic hydroxyl groups is 1. The smallest absolute Gasteiger partial charge is 0.238 e. The molecule has 0 radical (unpaired) electrons. The number of rotatable bonds is 7. The monoisotopic (exact) mass is 423 g/mol. The fraction of sp³-hybridized carbons (Fsp3) is 0.450. The van der Waals surface area contributed by atoms with Gasteiger partial charge >= 0.3 is 0 Å². The minimum atomic E-state index is -1.13. The van der Waals surface area contributed by atoms with E-state index in [9.17, 15) is 9.00 Å². The van der Waals surface area contributed by atoms with Crippen molar-refractivity contribution in [3.8, 4) is 11.1 Å². The summed E-state index contributed by atoms with van der Waals surface area (Å²) < 4.78 is 13.1. The fourth-order valence-corrected chi connectivity index (χ4v) is 5.51. The molecule has 0 saturated carbocycles. The molecule has 154 valence electrons. The normalized spacial score (nSPS) is 13.0. The van der Waals surface area contributed by atoms with Crippen LogP contribution >= 0.6 is 11.3 Å². The fourth-order valence-electron chi connectivity index (χ4n) is 3.05. The Kier molecular flexibility index (Phi) is 7.39. The maximum atomic E-state index is 12.3. The number of nitrogens with zero attached hydrogens (tertiary/aromatic N) is 1. The van der Waals surface area contributed by atoms with Gasteiger partial charge in [-0.1, -0.05) is 32.9 Å². The van der Waals surface area contributed by atoms with Crippen LogP contribution in [-0.2, 0) is 21.0 Å². The molecular weight excluding hydrogens is 394 g/mol. The van der Waals surface area contributed by atoms with E-state index in [0.29, 0.717) is 17.2 Å². The second-order valence-electron chi connectivity index (χ2n) is 7.80. The molecule has 28 heavy (non-hydrogen) atoms. The number of carbonyl (C=O) groups is 1. The molecule has 2 rings (SSSR count). The molecule has 0 aliphatic heterocycles. The maximum absolute atomic E-state index is 12.3. The number of anilines is 2. The highest BCUT2D eigenvalue weighted by atomic mass is 32.2. The number of nitrogens with one attached hydrogen (secondary N) is 1. The van der Waals surface area contributed by atoms with Crippen LogP contribution in [0.25, 0.3) is 11.1 Å². The Morgan fingerprint density at radius 2 is 2.04 bits per heavy atom. The second kappa shape index (κ2) is 9.17. The van der Waals surface area contributed by atoms with E-state index < -0.39 is 10.8 Å². The number of benzene rings is 1. The van der Waals surface area contributed by atoms with Crippen molar-refractivity contribution in [2.45, 2.75) is 30.4 Å². The third-order valence-corrected chi connectivity index (χ3v) is 6.74. The van der Waals surface area contributed by atoms with Crippen molar-refractivity contribution in [3.05, 3.63) is 29.8 Å². The van der Waals surface area contributed by atoms with Crippen LogP contribution in [0.15, 0.2) is 28.5 Å². The minimum Gasteiger partial charge on any atom is -0.395 e. The zero-order valence-corrected chi connectivity index (χ0v) is 18.7. The Morgan fingerprint density at radius 1 is 1.36 bits per heavy atom. The summed E-state index contributed by atoms with van der Waals surface area (Å²) in [6, 6.07) is 7.53. The summed E-state index contributed by atoms with van der Waals surface area (Å²) in [4.78, 5) is 14.0. The molecule has 0 aliphatic carbocycles. The Bertz CT molecular complexity index is 872. The van der Waals surface area contributed by atoms with Crippen molar-refractivity contribution < 1.29 is 14.1 Å². The summed E-state index contributed by atoms with van der Waals surface area (Å²) in [6.45, 7) is 6.88. The number of thiophene rings is 1. The van der Waals surface area contributed by atoms with Gasteiger partial charge in [-0.2, -0.15) is 0 Å². The van der Waals surface area contributed by atoms with E-state index in [2.05, 4.69) is 26.1 Å². The predicted molar refractivity (Wildman–Crippen MR) is 118 cm³/mol. The first-order chi connectivity index (χ1) is 13.0. The Hall–Kier alpha value is -1.74. The molecule has 0 spiro atoms. The van der Waals surface area contributed by atoms with Crippen molar-refractivity contribution in [1.82, 2.24) is 4.90 Å². The number of amides is 1. The third kappa shape index (κ3) is 5.41. The Labute approximate surface area is 173 Å². The lowest BCUT2D eigenvalue weighted by atomic mass is 9.84. The quantitative estimate of drug-likeness (QED) is 0.636. The molecular formula is C20H29N3O3S2. The molecule has 1 aromatic carbocycles. The molecule has 8 heteroatoms. The van der Waals surface area contributed by atoms with Gasteiger partial charge in [0.05, 0.1) is 33.2 Å². The minimum absolute atomic E-state index is 0.00735. The van der Waals surface area contributed by atoms with Crippen molar-refractivity contribution >= 4 is 38.7 Å². The number of likely N-dealkylation sites (N-methyl/N-ethyl adjacent to an activating group) is 1. The molecule has 0 saturated heterocycles. The summed E-state index contributed by atoms with van der Waals surface area (Å²) >= 11 is 1.36. The zero-order valence-electron chi connectivity index (χ0n) is 17.0. The Morgan fingerprint density at radius 3 is 2.61 bits per heavy atom.